The molecule has 0 amide bonds. The van der Waals surface area contributed by atoms with Gasteiger partial charge in [-0.2, -0.15) is 0 Å². The molecule has 2 aromatic carbocycles. The van der Waals surface area contributed by atoms with Gasteiger partial charge in [0.05, 0.1) is 22.6 Å². The lowest BCUT2D eigenvalue weighted by atomic mass is 10.3. The fourth-order valence-electron chi connectivity index (χ4n) is 2.85. The molecular formula is C22H24N2O2S3. The molecule has 2 heterocycles. The molecule has 29 heavy (non-hydrogen) atoms. The van der Waals surface area contributed by atoms with Gasteiger partial charge in [-0.05, 0) is 48.9 Å². The minimum atomic E-state index is 0.730. The Balaban J connectivity index is 1.55. The second kappa shape index (κ2) is 9.78. The molecule has 0 aliphatic heterocycles. The lowest BCUT2D eigenvalue weighted by Gasteiger charge is -2.05. The van der Waals surface area contributed by atoms with Crippen LogP contribution in [0.5, 0.6) is 11.5 Å². The van der Waals surface area contributed by atoms with Gasteiger partial charge in [0.25, 0.3) is 0 Å². The Morgan fingerprint density at radius 1 is 0.759 bits per heavy atom. The minimum absolute atomic E-state index is 0.730. The molecule has 0 bridgehead atoms. The summed E-state index contributed by atoms with van der Waals surface area (Å²) < 4.78 is 16.1. The summed E-state index contributed by atoms with van der Waals surface area (Å²) in [4.78, 5) is 9.66. The molecule has 0 radical (unpaired) electrons. The molecule has 7 heteroatoms. The van der Waals surface area contributed by atoms with Crippen LogP contribution in [0.3, 0.4) is 0 Å². The van der Waals surface area contributed by atoms with Gasteiger partial charge in [0.2, 0.25) is 0 Å². The highest BCUT2D eigenvalue weighted by atomic mass is 32.2. The molecule has 0 fully saturated rings. The number of unbranched alkanes of at least 4 members (excludes halogenated alkanes) is 2. The molecular weight excluding hydrogens is 420 g/mol. The third-order valence-electron chi connectivity index (χ3n) is 4.41. The van der Waals surface area contributed by atoms with Crippen LogP contribution in [0, 0.1) is 0 Å². The van der Waals surface area contributed by atoms with Crippen molar-refractivity contribution in [3.8, 4) is 11.5 Å². The van der Waals surface area contributed by atoms with Gasteiger partial charge < -0.3 is 9.47 Å². The van der Waals surface area contributed by atoms with Crippen LogP contribution in [-0.4, -0.2) is 23.2 Å². The zero-order valence-corrected chi connectivity index (χ0v) is 19.1. The van der Waals surface area contributed by atoms with E-state index in [2.05, 4.69) is 26.0 Å². The first-order chi connectivity index (χ1) is 14.3. The number of rotatable bonds is 10. The van der Waals surface area contributed by atoms with Crippen LogP contribution >= 0.6 is 34.4 Å². The largest absolute Gasteiger partial charge is 0.491 e. The summed E-state index contributed by atoms with van der Waals surface area (Å²) in [6.07, 6.45) is 4.35. The van der Waals surface area contributed by atoms with Crippen LogP contribution in [0.2, 0.25) is 0 Å². The van der Waals surface area contributed by atoms with E-state index in [4.69, 9.17) is 19.4 Å². The Labute approximate surface area is 183 Å². The fraction of sp³-hybridized carbons (Fsp3) is 0.364. The summed E-state index contributed by atoms with van der Waals surface area (Å²) in [7, 11) is 0. The smallest absolute Gasteiger partial charge is 0.158 e. The molecule has 2 aromatic heterocycles. The topological polar surface area (TPSA) is 44.2 Å². The van der Waals surface area contributed by atoms with Gasteiger partial charge >= 0.3 is 0 Å². The average Bonchev–Trinajstić information content (AvgIpc) is 3.32. The van der Waals surface area contributed by atoms with Crippen molar-refractivity contribution in [1.82, 2.24) is 9.97 Å². The lowest BCUT2D eigenvalue weighted by Crippen LogP contribution is -1.96. The van der Waals surface area contributed by atoms with Crippen LogP contribution in [0.4, 0.5) is 0 Å². The molecule has 0 spiro atoms. The summed E-state index contributed by atoms with van der Waals surface area (Å²) in [5, 5.41) is 0. The number of aromatic nitrogens is 2. The predicted molar refractivity (Wildman–Crippen MR) is 124 cm³/mol. The van der Waals surface area contributed by atoms with Crippen molar-refractivity contribution in [1.29, 1.82) is 0 Å². The molecule has 0 N–H and O–H groups in total. The number of hydrogen-bond donors (Lipinski definition) is 0. The zero-order chi connectivity index (χ0) is 20.1. The minimum Gasteiger partial charge on any atom is -0.491 e. The number of nitrogens with zero attached hydrogens (tertiary/aromatic N) is 2. The maximum absolute atomic E-state index is 5.94. The van der Waals surface area contributed by atoms with Crippen LogP contribution in [0.25, 0.3) is 20.4 Å². The molecule has 0 aliphatic carbocycles. The Morgan fingerprint density at radius 3 is 1.69 bits per heavy atom. The highest BCUT2D eigenvalue weighted by molar-refractivity contribution is 8.02. The first-order valence-corrected chi connectivity index (χ1v) is 12.5. The van der Waals surface area contributed by atoms with Crippen molar-refractivity contribution in [3.63, 3.8) is 0 Å². The maximum atomic E-state index is 5.94. The van der Waals surface area contributed by atoms with Gasteiger partial charge in [0.15, 0.2) is 8.68 Å². The van der Waals surface area contributed by atoms with E-state index in [9.17, 15) is 0 Å². The molecule has 152 valence electrons. The van der Waals surface area contributed by atoms with E-state index in [1.165, 1.54) is 0 Å². The zero-order valence-electron chi connectivity index (χ0n) is 16.6. The highest BCUT2D eigenvalue weighted by Crippen LogP contribution is 2.41. The summed E-state index contributed by atoms with van der Waals surface area (Å²) in [5.74, 6) is 1.74. The summed E-state index contributed by atoms with van der Waals surface area (Å²) in [6, 6.07) is 12.3. The van der Waals surface area contributed by atoms with Gasteiger partial charge in [-0.15, -0.1) is 22.7 Å². The van der Waals surface area contributed by atoms with E-state index < -0.39 is 0 Å². The number of benzene rings is 2. The number of ether oxygens (including phenoxy) is 2. The van der Waals surface area contributed by atoms with E-state index in [0.29, 0.717) is 0 Å². The van der Waals surface area contributed by atoms with Gasteiger partial charge in [-0.3, -0.25) is 0 Å². The van der Waals surface area contributed by atoms with Crippen molar-refractivity contribution in [2.75, 3.05) is 13.2 Å². The van der Waals surface area contributed by atoms with E-state index in [1.807, 2.05) is 24.3 Å². The van der Waals surface area contributed by atoms with Crippen LogP contribution in [-0.2, 0) is 0 Å². The number of hydrogen-bond acceptors (Lipinski definition) is 7. The highest BCUT2D eigenvalue weighted by Gasteiger charge is 2.14. The van der Waals surface area contributed by atoms with E-state index >= 15 is 0 Å². The first kappa shape index (κ1) is 20.4. The number of para-hydroxylation sites is 2. The fourth-order valence-corrected chi connectivity index (χ4v) is 6.21. The van der Waals surface area contributed by atoms with E-state index in [-0.39, 0.29) is 0 Å². The van der Waals surface area contributed by atoms with Gasteiger partial charge in [-0.25, -0.2) is 9.97 Å². The summed E-state index contributed by atoms with van der Waals surface area (Å²) >= 11 is 4.98. The second-order valence-electron chi connectivity index (χ2n) is 6.67. The normalized spacial score (nSPS) is 11.4. The van der Waals surface area contributed by atoms with Crippen molar-refractivity contribution < 1.29 is 9.47 Å². The molecule has 0 atom stereocenters. The molecule has 0 unspecified atom stereocenters. The van der Waals surface area contributed by atoms with Crippen molar-refractivity contribution >= 4 is 54.9 Å². The van der Waals surface area contributed by atoms with Crippen LogP contribution in [0.15, 0.2) is 45.1 Å². The summed E-state index contributed by atoms with van der Waals surface area (Å²) in [5.41, 5.74) is 1.89. The lowest BCUT2D eigenvalue weighted by molar-refractivity contribution is 0.312. The molecule has 4 rings (SSSR count). The summed E-state index contributed by atoms with van der Waals surface area (Å²) in [6.45, 7) is 5.79. The Kier molecular flexibility index (Phi) is 6.90. The Hall–Kier alpha value is -1.83. The molecule has 4 nitrogen and oxygen atoms in total. The standard InChI is InChI=1S/C22H24N2O2S3/c1-3-5-13-25-15-9-7-11-17-19(15)23-21(27-17)29-22-24-20-16(26-14-6-4-2)10-8-12-18(20)28-22/h7-12H,3-6,13-14H2,1-2H3. The Morgan fingerprint density at radius 2 is 1.24 bits per heavy atom. The molecule has 0 saturated heterocycles. The van der Waals surface area contributed by atoms with Crippen molar-refractivity contribution in [3.05, 3.63) is 36.4 Å². The van der Waals surface area contributed by atoms with Crippen molar-refractivity contribution in [2.24, 2.45) is 0 Å². The third kappa shape index (κ3) is 4.85. The SMILES string of the molecule is CCCCOc1cccc2sc(Sc3nc4c(OCCCC)cccc4s3)nc12. The van der Waals surface area contributed by atoms with Crippen molar-refractivity contribution in [2.45, 2.75) is 48.2 Å². The van der Waals surface area contributed by atoms with Gasteiger partial charge in [0, 0.05) is 0 Å². The van der Waals surface area contributed by atoms with Gasteiger partial charge in [-0.1, -0.05) is 38.8 Å². The van der Waals surface area contributed by atoms with Crippen LogP contribution in [0.1, 0.15) is 39.5 Å². The maximum Gasteiger partial charge on any atom is 0.158 e. The number of thiazole rings is 2. The quantitative estimate of drug-likeness (QED) is 0.238. The van der Waals surface area contributed by atoms with Gasteiger partial charge in [0.1, 0.15) is 22.5 Å². The average molecular weight is 445 g/mol. The predicted octanol–water partition coefficient (Wildman–Crippen LogP) is 7.42. The first-order valence-electron chi connectivity index (χ1n) is 10.0. The van der Waals surface area contributed by atoms with E-state index in [1.54, 1.807) is 34.4 Å². The molecule has 4 aromatic rings. The molecule has 0 aliphatic rings. The Bertz CT molecular complexity index is 1000. The second-order valence-corrected chi connectivity index (χ2v) is 10.2. The number of fused-ring (bicyclic) bond motifs is 2. The van der Waals surface area contributed by atoms with Crippen LogP contribution < -0.4 is 9.47 Å². The monoisotopic (exact) mass is 444 g/mol. The molecule has 0 saturated carbocycles. The third-order valence-corrected chi connectivity index (χ3v) is 7.57. The van der Waals surface area contributed by atoms with E-state index in [0.717, 1.165) is 79.5 Å².